The van der Waals surface area contributed by atoms with Crippen molar-refractivity contribution in [3.63, 3.8) is 0 Å². The summed E-state index contributed by atoms with van der Waals surface area (Å²) < 4.78 is 22.8. The van der Waals surface area contributed by atoms with Gasteiger partial charge in [0, 0.05) is 29.1 Å². The Bertz CT molecular complexity index is 2020. The topological polar surface area (TPSA) is 140 Å². The highest BCUT2D eigenvalue weighted by atomic mass is 16.5. The lowest BCUT2D eigenvalue weighted by atomic mass is 9.90. The molecule has 11 heteroatoms. The lowest BCUT2D eigenvalue weighted by Crippen LogP contribution is -2.46. The highest BCUT2D eigenvalue weighted by molar-refractivity contribution is 5.89. The Morgan fingerprint density at radius 3 is 2.37 bits per heavy atom. The summed E-state index contributed by atoms with van der Waals surface area (Å²) in [5, 5.41) is 10.8. The molecule has 3 aromatic carbocycles. The molecule has 4 atom stereocenters. The Hall–Kier alpha value is -5.19. The van der Waals surface area contributed by atoms with Gasteiger partial charge in [-0.2, -0.15) is 0 Å². The van der Waals surface area contributed by atoms with Crippen LogP contribution in [0.1, 0.15) is 80.9 Å². The quantitative estimate of drug-likeness (QED) is 0.142. The van der Waals surface area contributed by atoms with Gasteiger partial charge >= 0.3 is 0 Å². The second kappa shape index (κ2) is 15.0. The van der Waals surface area contributed by atoms with Gasteiger partial charge in [0.1, 0.15) is 11.8 Å². The van der Waals surface area contributed by atoms with Crippen molar-refractivity contribution in [3.8, 4) is 34.1 Å². The van der Waals surface area contributed by atoms with E-state index in [1.165, 1.54) is 12.5 Å². The van der Waals surface area contributed by atoms with Crippen molar-refractivity contribution < 1.29 is 28.5 Å². The standard InChI is InChI=1S/C40H48N4O7/c1-8-21(2)36(40(47)44-32-11-9-10-26-27-19-24(48-4)13-16-30(27)42-37(26)32)43-31-17-14-25-28(20-33(31)46)29(41-22(3)45)15-12-23-18-34(49-5)38(50-6)39(51-7)35(23)25/h13-14,16-21,29,32,36,42H,8-12,15H2,1-7H3,(H,41,45)(H,43,46)(H,44,47). The van der Waals surface area contributed by atoms with Gasteiger partial charge in [-0.25, -0.2) is 0 Å². The number of aromatic nitrogens is 1. The van der Waals surface area contributed by atoms with Crippen molar-refractivity contribution >= 4 is 28.4 Å². The second-order valence-electron chi connectivity index (χ2n) is 13.5. The second-order valence-corrected chi connectivity index (χ2v) is 13.5. The van der Waals surface area contributed by atoms with Crippen LogP contribution >= 0.6 is 0 Å². The maximum atomic E-state index is 14.2. The van der Waals surface area contributed by atoms with Crippen molar-refractivity contribution in [1.82, 2.24) is 15.6 Å². The summed E-state index contributed by atoms with van der Waals surface area (Å²) in [4.78, 5) is 44.2. The minimum atomic E-state index is -0.683. The summed E-state index contributed by atoms with van der Waals surface area (Å²) in [7, 11) is 6.36. The van der Waals surface area contributed by atoms with Gasteiger partial charge in [0.05, 0.1) is 46.2 Å². The molecule has 0 radical (unpaired) electrons. The minimum absolute atomic E-state index is 0.0903. The zero-order valence-corrected chi connectivity index (χ0v) is 30.5. The summed E-state index contributed by atoms with van der Waals surface area (Å²) in [5.74, 6) is 1.76. The summed E-state index contributed by atoms with van der Waals surface area (Å²) in [6.07, 6.45) is 4.51. The van der Waals surface area contributed by atoms with Crippen LogP contribution in [0.25, 0.3) is 22.0 Å². The van der Waals surface area contributed by atoms with E-state index in [0.29, 0.717) is 42.1 Å². The van der Waals surface area contributed by atoms with Gasteiger partial charge in [0.25, 0.3) is 0 Å². The van der Waals surface area contributed by atoms with Crippen LogP contribution in [-0.2, 0) is 22.4 Å². The van der Waals surface area contributed by atoms with E-state index in [4.69, 9.17) is 18.9 Å². The number of nitrogens with one attached hydrogen (secondary N) is 4. The molecule has 2 aliphatic rings. The van der Waals surface area contributed by atoms with E-state index in [1.807, 2.05) is 44.2 Å². The Morgan fingerprint density at radius 1 is 0.902 bits per heavy atom. The van der Waals surface area contributed by atoms with Gasteiger partial charge in [-0.3, -0.25) is 14.4 Å². The number of hydrogen-bond donors (Lipinski definition) is 4. The third-order valence-electron chi connectivity index (χ3n) is 10.5. The number of ether oxygens (including phenoxy) is 4. The first-order valence-electron chi connectivity index (χ1n) is 17.6. The molecule has 1 heterocycles. The van der Waals surface area contributed by atoms with Crippen LogP contribution in [0.5, 0.6) is 23.0 Å². The maximum Gasteiger partial charge on any atom is 0.243 e. The summed E-state index contributed by atoms with van der Waals surface area (Å²) in [5.41, 5.74) is 6.30. The van der Waals surface area contributed by atoms with E-state index < -0.39 is 12.1 Å². The smallest absolute Gasteiger partial charge is 0.243 e. The summed E-state index contributed by atoms with van der Waals surface area (Å²) in [6, 6.07) is 11.8. The molecule has 0 saturated carbocycles. The Labute approximate surface area is 298 Å². The molecule has 4 unspecified atom stereocenters. The van der Waals surface area contributed by atoms with E-state index in [9.17, 15) is 14.4 Å². The largest absolute Gasteiger partial charge is 0.497 e. The van der Waals surface area contributed by atoms with Crippen molar-refractivity contribution in [2.75, 3.05) is 33.8 Å². The number of amides is 2. The first-order valence-corrected chi connectivity index (χ1v) is 17.6. The zero-order chi connectivity index (χ0) is 36.4. The summed E-state index contributed by atoms with van der Waals surface area (Å²) >= 11 is 0. The van der Waals surface area contributed by atoms with Gasteiger partial charge < -0.3 is 39.9 Å². The van der Waals surface area contributed by atoms with Crippen LogP contribution in [0, 0.1) is 5.92 Å². The number of hydrogen-bond acceptors (Lipinski definition) is 8. The lowest BCUT2D eigenvalue weighted by Gasteiger charge is -2.29. The highest BCUT2D eigenvalue weighted by Gasteiger charge is 2.32. The summed E-state index contributed by atoms with van der Waals surface area (Å²) in [6.45, 7) is 5.51. The van der Waals surface area contributed by atoms with Crippen molar-refractivity contribution in [1.29, 1.82) is 0 Å². The first-order chi connectivity index (χ1) is 24.6. The van der Waals surface area contributed by atoms with E-state index >= 15 is 0 Å². The molecule has 270 valence electrons. The van der Waals surface area contributed by atoms with Gasteiger partial charge in [-0.05, 0) is 96.7 Å². The number of H-pyrrole nitrogens is 1. The van der Waals surface area contributed by atoms with Crippen molar-refractivity contribution in [2.24, 2.45) is 5.92 Å². The van der Waals surface area contributed by atoms with E-state index in [-0.39, 0.29) is 34.9 Å². The Morgan fingerprint density at radius 2 is 1.69 bits per heavy atom. The number of carbonyl (C=O) groups is 2. The predicted molar refractivity (Wildman–Crippen MR) is 198 cm³/mol. The fraction of sp³-hybridized carbons (Fsp3) is 0.425. The van der Waals surface area contributed by atoms with Gasteiger partial charge in [-0.1, -0.05) is 26.3 Å². The van der Waals surface area contributed by atoms with E-state index in [0.717, 1.165) is 58.3 Å². The third kappa shape index (κ3) is 6.81. The molecule has 0 saturated heterocycles. The van der Waals surface area contributed by atoms with Crippen LogP contribution in [0.3, 0.4) is 0 Å². The molecule has 4 aromatic rings. The molecule has 2 amide bonds. The van der Waals surface area contributed by atoms with E-state index in [2.05, 4.69) is 20.9 Å². The molecular formula is C40H48N4O7. The predicted octanol–water partition coefficient (Wildman–Crippen LogP) is 6.37. The number of fused-ring (bicyclic) bond motifs is 6. The zero-order valence-electron chi connectivity index (χ0n) is 30.5. The van der Waals surface area contributed by atoms with Crippen LogP contribution in [0.2, 0.25) is 0 Å². The maximum absolute atomic E-state index is 14.2. The number of carbonyl (C=O) groups excluding carboxylic acids is 2. The molecule has 51 heavy (non-hydrogen) atoms. The highest BCUT2D eigenvalue weighted by Crippen LogP contribution is 2.50. The average molecular weight is 697 g/mol. The SMILES string of the molecule is CCC(C)C(Nc1ccc2c(cc1=O)C(NC(C)=O)CCc1cc(OC)c(OC)c(OC)c1-2)C(=O)NC1CCCc2c1[nH]c1ccc(OC)cc21. The van der Waals surface area contributed by atoms with Crippen LogP contribution in [-0.4, -0.2) is 51.3 Å². The minimum Gasteiger partial charge on any atom is -0.497 e. The molecule has 11 nitrogen and oxygen atoms in total. The number of aryl methyl sites for hydroxylation is 2. The molecule has 1 aromatic heterocycles. The normalized spacial score (nSPS) is 17.5. The number of aromatic amines is 1. The average Bonchev–Trinajstić information content (AvgIpc) is 3.35. The number of anilines is 1. The van der Waals surface area contributed by atoms with Crippen molar-refractivity contribution in [3.05, 3.63) is 75.1 Å². The molecular weight excluding hydrogens is 648 g/mol. The van der Waals surface area contributed by atoms with E-state index in [1.54, 1.807) is 40.6 Å². The number of rotatable bonds is 11. The third-order valence-corrected chi connectivity index (χ3v) is 10.5. The van der Waals surface area contributed by atoms with Crippen LogP contribution in [0.15, 0.2) is 47.3 Å². The molecule has 0 spiro atoms. The lowest BCUT2D eigenvalue weighted by molar-refractivity contribution is -0.123. The molecule has 0 aliphatic heterocycles. The van der Waals surface area contributed by atoms with Gasteiger partial charge in [0.2, 0.25) is 23.0 Å². The van der Waals surface area contributed by atoms with Gasteiger partial charge in [0.15, 0.2) is 11.5 Å². The molecule has 4 N–H and O–H groups in total. The Balaban J connectivity index is 1.39. The molecule has 2 aliphatic carbocycles. The monoisotopic (exact) mass is 696 g/mol. The van der Waals surface area contributed by atoms with Crippen LogP contribution in [0.4, 0.5) is 5.69 Å². The Kier molecular flexibility index (Phi) is 10.5. The molecule has 0 bridgehead atoms. The molecule has 6 rings (SSSR count). The molecule has 0 fully saturated rings. The first kappa shape index (κ1) is 35.6. The van der Waals surface area contributed by atoms with Crippen molar-refractivity contribution in [2.45, 2.75) is 77.4 Å². The number of benzene rings is 2. The fourth-order valence-corrected chi connectivity index (χ4v) is 7.67. The fourth-order valence-electron chi connectivity index (χ4n) is 7.67. The number of methoxy groups -OCH3 is 4. The van der Waals surface area contributed by atoms with Gasteiger partial charge in [-0.15, -0.1) is 0 Å². The van der Waals surface area contributed by atoms with Crippen LogP contribution < -0.4 is 40.3 Å².